The average Bonchev–Trinajstić information content (AvgIpc) is 3.74. The van der Waals surface area contributed by atoms with Crippen LogP contribution in [0, 0.1) is 18.5 Å². The van der Waals surface area contributed by atoms with E-state index in [9.17, 15) is 0 Å². The number of fused-ring (bicyclic) bond motifs is 9. The molecular weight excluding hydrogens is 870 g/mol. The molecule has 0 fully saturated rings. The SMILES string of the molecule is CC(C)(C)c1cc(-[n+]2[c-]n3c4[c-]c(Oc5[c-]c6c(cc5)c5ccccc5n6-c5cc(C(C)(C)C)ccn5)ccc4c4ccccc4c3n2)cc(C(C)(C)C)c1.[Pt]. The summed E-state index contributed by atoms with van der Waals surface area (Å²) < 4.78 is 12.7. The minimum Gasteiger partial charge on any atom is -0.510 e. The number of pyridine rings is 2. The summed E-state index contributed by atoms with van der Waals surface area (Å²) in [6, 6.07) is 43.3. The maximum Gasteiger partial charge on any atom is 0.272 e. The third kappa shape index (κ3) is 6.48. The number of para-hydroxylation sites is 1. The van der Waals surface area contributed by atoms with Gasteiger partial charge in [0.2, 0.25) is 0 Å². The quantitative estimate of drug-likeness (QED) is 0.100. The molecule has 0 radical (unpaired) electrons. The van der Waals surface area contributed by atoms with E-state index in [4.69, 9.17) is 14.8 Å². The van der Waals surface area contributed by atoms with Crippen molar-refractivity contribution < 1.29 is 30.5 Å². The molecule has 0 saturated carbocycles. The van der Waals surface area contributed by atoms with Crippen LogP contribution in [-0.4, -0.2) is 19.1 Å². The zero-order chi connectivity index (χ0) is 38.4. The second kappa shape index (κ2) is 13.4. The zero-order valence-electron chi connectivity index (χ0n) is 33.4. The average molecular weight is 915 g/mol. The van der Waals surface area contributed by atoms with E-state index in [0.717, 1.165) is 60.6 Å². The van der Waals surface area contributed by atoms with Crippen LogP contribution in [0.4, 0.5) is 0 Å². The van der Waals surface area contributed by atoms with Crippen LogP contribution in [0.2, 0.25) is 0 Å². The fourth-order valence-electron chi connectivity index (χ4n) is 7.48. The first-order valence-electron chi connectivity index (χ1n) is 19.0. The summed E-state index contributed by atoms with van der Waals surface area (Å²) >= 11 is 0. The predicted octanol–water partition coefficient (Wildman–Crippen LogP) is 11.5. The Morgan fingerprint density at radius 2 is 1.14 bits per heavy atom. The van der Waals surface area contributed by atoms with Crippen LogP contribution in [0.1, 0.15) is 79.0 Å². The molecular formula is C49H45N5OPt-2. The van der Waals surface area contributed by atoms with E-state index in [-0.39, 0.29) is 37.3 Å². The van der Waals surface area contributed by atoms with Gasteiger partial charge in [0.25, 0.3) is 6.33 Å². The van der Waals surface area contributed by atoms with Gasteiger partial charge in [0.05, 0.1) is 5.69 Å². The zero-order valence-corrected chi connectivity index (χ0v) is 35.6. The Bertz CT molecular complexity index is 2940. The van der Waals surface area contributed by atoms with Gasteiger partial charge in [-0.3, -0.25) is 0 Å². The van der Waals surface area contributed by atoms with Crippen molar-refractivity contribution in [1.29, 1.82) is 0 Å². The van der Waals surface area contributed by atoms with Crippen molar-refractivity contribution in [3.05, 3.63) is 144 Å². The minimum absolute atomic E-state index is 0. The van der Waals surface area contributed by atoms with Gasteiger partial charge in [-0.25, -0.2) is 4.98 Å². The largest absolute Gasteiger partial charge is 0.510 e. The molecule has 0 bridgehead atoms. The van der Waals surface area contributed by atoms with Crippen molar-refractivity contribution in [3.63, 3.8) is 0 Å². The second-order valence-corrected chi connectivity index (χ2v) is 17.8. The van der Waals surface area contributed by atoms with Gasteiger partial charge in [-0.05, 0) is 61.9 Å². The summed E-state index contributed by atoms with van der Waals surface area (Å²) in [5.74, 6) is 2.02. The number of hydrogen-bond acceptors (Lipinski definition) is 3. The topological polar surface area (TPSA) is 48.2 Å². The number of benzene rings is 5. The van der Waals surface area contributed by atoms with Crippen molar-refractivity contribution >= 4 is 49.1 Å². The summed E-state index contributed by atoms with van der Waals surface area (Å²) in [7, 11) is 0. The molecule has 0 amide bonds. The Labute approximate surface area is 343 Å². The first-order valence-corrected chi connectivity index (χ1v) is 19.0. The molecule has 0 aliphatic heterocycles. The van der Waals surface area contributed by atoms with E-state index in [2.05, 4.69) is 176 Å². The van der Waals surface area contributed by atoms with E-state index in [0.29, 0.717) is 11.5 Å². The van der Waals surface area contributed by atoms with Crippen molar-refractivity contribution in [1.82, 2.24) is 19.1 Å². The number of nitrogens with zero attached hydrogens (tertiary/aromatic N) is 5. The molecule has 0 spiro atoms. The third-order valence-electron chi connectivity index (χ3n) is 10.7. The van der Waals surface area contributed by atoms with Gasteiger partial charge in [-0.2, -0.15) is 16.8 Å². The summed E-state index contributed by atoms with van der Waals surface area (Å²) in [4.78, 5) is 4.84. The molecule has 0 saturated heterocycles. The van der Waals surface area contributed by atoms with Gasteiger partial charge in [0.15, 0.2) is 5.65 Å². The fraction of sp³-hybridized carbons (Fsp3) is 0.245. The van der Waals surface area contributed by atoms with Gasteiger partial charge in [-0.15, -0.1) is 40.1 Å². The molecule has 0 aliphatic carbocycles. The van der Waals surface area contributed by atoms with Crippen LogP contribution < -0.4 is 9.42 Å². The van der Waals surface area contributed by atoms with E-state index >= 15 is 0 Å². The van der Waals surface area contributed by atoms with Gasteiger partial charge < -0.3 is 13.7 Å². The van der Waals surface area contributed by atoms with Crippen molar-refractivity contribution in [2.75, 3.05) is 0 Å². The maximum atomic E-state index is 6.62. The molecule has 56 heavy (non-hydrogen) atoms. The van der Waals surface area contributed by atoms with Crippen LogP contribution in [0.3, 0.4) is 0 Å². The Balaban J connectivity index is 0.00000441. The van der Waals surface area contributed by atoms with Crippen LogP contribution in [0.15, 0.2) is 109 Å². The van der Waals surface area contributed by atoms with Crippen LogP contribution in [-0.2, 0) is 37.3 Å². The summed E-state index contributed by atoms with van der Waals surface area (Å²) in [6.45, 7) is 20.2. The Kier molecular flexibility index (Phi) is 9.01. The number of ether oxygens (including phenoxy) is 1. The summed E-state index contributed by atoms with van der Waals surface area (Å²) in [5, 5.41) is 10.6. The van der Waals surface area contributed by atoms with Gasteiger partial charge in [0, 0.05) is 44.3 Å². The molecule has 0 unspecified atom stereocenters. The molecule has 284 valence electrons. The maximum absolute atomic E-state index is 6.62. The molecule has 4 aromatic heterocycles. The molecule has 9 aromatic rings. The summed E-state index contributed by atoms with van der Waals surface area (Å²) in [5.41, 5.74) is 8.24. The normalized spacial score (nSPS) is 12.6. The molecule has 4 heterocycles. The smallest absolute Gasteiger partial charge is 0.272 e. The summed E-state index contributed by atoms with van der Waals surface area (Å²) in [6.07, 6.45) is 5.49. The standard InChI is InChI=1S/C49H45N5O.Pt/c1-47(2,3)31-22-23-50-45(27-31)54-42-17-13-12-15-38(42)40-21-19-36(29-44(40)54)55-35-18-20-39-37-14-10-11-16-41(37)46-51-53(30-52(46)43(39)28-35)34-25-32(48(4,5)6)24-33(26-34)49(7,8)9;/h10-27H,1-9H3;/q-2;. The molecule has 0 N–H and O–H groups in total. The predicted molar refractivity (Wildman–Crippen MR) is 223 cm³/mol. The molecule has 6 nitrogen and oxygen atoms in total. The van der Waals surface area contributed by atoms with Crippen LogP contribution >= 0.6 is 0 Å². The first kappa shape index (κ1) is 37.6. The third-order valence-corrected chi connectivity index (χ3v) is 10.7. The van der Waals surface area contributed by atoms with Crippen molar-refractivity contribution in [2.24, 2.45) is 0 Å². The Morgan fingerprint density at radius 3 is 1.79 bits per heavy atom. The Hall–Kier alpha value is -5.32. The van der Waals surface area contributed by atoms with Gasteiger partial charge >= 0.3 is 0 Å². The molecule has 0 atom stereocenters. The van der Waals surface area contributed by atoms with E-state index < -0.39 is 0 Å². The molecule has 0 aliphatic rings. The van der Waals surface area contributed by atoms with E-state index in [1.165, 1.54) is 16.7 Å². The molecule has 5 aromatic carbocycles. The number of aromatic nitrogens is 5. The van der Waals surface area contributed by atoms with E-state index in [1.807, 2.05) is 27.4 Å². The van der Waals surface area contributed by atoms with Crippen molar-refractivity contribution in [2.45, 2.75) is 78.6 Å². The van der Waals surface area contributed by atoms with Crippen LogP contribution in [0.25, 0.3) is 60.6 Å². The first-order chi connectivity index (χ1) is 26.1. The monoisotopic (exact) mass is 914 g/mol. The fourth-order valence-corrected chi connectivity index (χ4v) is 7.48. The van der Waals surface area contributed by atoms with E-state index in [1.54, 1.807) is 0 Å². The minimum atomic E-state index is -0.0312. The van der Waals surface area contributed by atoms with Crippen molar-refractivity contribution in [3.8, 4) is 23.0 Å². The Morgan fingerprint density at radius 1 is 0.571 bits per heavy atom. The van der Waals surface area contributed by atoms with Crippen LogP contribution in [0.5, 0.6) is 11.5 Å². The number of rotatable bonds is 4. The molecule has 7 heteroatoms. The van der Waals surface area contributed by atoms with Gasteiger partial charge in [-0.1, -0.05) is 139 Å². The van der Waals surface area contributed by atoms with Gasteiger partial charge in [0.1, 0.15) is 5.82 Å². The second-order valence-electron chi connectivity index (χ2n) is 17.8. The molecule has 9 rings (SSSR count). The number of hydrogen-bond donors (Lipinski definition) is 0.